The first kappa shape index (κ1) is 15.8. The predicted octanol–water partition coefficient (Wildman–Crippen LogP) is 3.62. The Morgan fingerprint density at radius 1 is 1.19 bits per heavy atom. The zero-order valence-electron chi connectivity index (χ0n) is 13.1. The maximum atomic E-state index is 11.8. The highest BCUT2D eigenvalue weighted by Gasteiger charge is 2.24. The molecule has 2 unspecified atom stereocenters. The van der Waals surface area contributed by atoms with E-state index in [-0.39, 0.29) is 18.2 Å². The van der Waals surface area contributed by atoms with Crippen molar-refractivity contribution in [2.24, 2.45) is 0 Å². The maximum Gasteiger partial charge on any atom is 0.338 e. The molecule has 1 N–H and O–H groups in total. The predicted molar refractivity (Wildman–Crippen MR) is 83.7 cm³/mol. The van der Waals surface area contributed by atoms with Gasteiger partial charge >= 0.3 is 5.97 Å². The van der Waals surface area contributed by atoms with Gasteiger partial charge in [0.1, 0.15) is 0 Å². The molecule has 0 spiro atoms. The molecule has 0 amide bonds. The summed E-state index contributed by atoms with van der Waals surface area (Å²) in [5, 5.41) is 3.51. The molecule has 2 rings (SSSR count). The molecule has 1 aromatic carbocycles. The van der Waals surface area contributed by atoms with Gasteiger partial charge in [0.25, 0.3) is 0 Å². The molecular formula is C17H25NO3. The molecule has 1 saturated carbocycles. The van der Waals surface area contributed by atoms with E-state index in [9.17, 15) is 4.79 Å². The molecule has 4 heteroatoms. The lowest BCUT2D eigenvalue weighted by Gasteiger charge is -2.31. The Labute approximate surface area is 126 Å². The smallest absolute Gasteiger partial charge is 0.338 e. The molecule has 0 radical (unpaired) electrons. The van der Waals surface area contributed by atoms with Crippen LogP contribution < -0.4 is 5.32 Å². The van der Waals surface area contributed by atoms with Crippen LogP contribution >= 0.6 is 0 Å². The van der Waals surface area contributed by atoms with Crippen molar-refractivity contribution >= 4 is 11.7 Å². The van der Waals surface area contributed by atoms with Crippen LogP contribution in [0.4, 0.5) is 5.69 Å². The zero-order chi connectivity index (χ0) is 15.2. The minimum absolute atomic E-state index is 0.0972. The Morgan fingerprint density at radius 2 is 1.86 bits per heavy atom. The molecule has 116 valence electrons. The minimum Gasteiger partial charge on any atom is -0.459 e. The van der Waals surface area contributed by atoms with Crippen molar-refractivity contribution in [3.63, 3.8) is 0 Å². The summed E-state index contributed by atoms with van der Waals surface area (Å²) >= 11 is 0. The number of esters is 1. The summed E-state index contributed by atoms with van der Waals surface area (Å²) in [5.41, 5.74) is 1.60. The minimum atomic E-state index is -0.274. The van der Waals surface area contributed by atoms with E-state index in [0.717, 1.165) is 18.5 Å². The largest absolute Gasteiger partial charge is 0.459 e. The number of hydrogen-bond donors (Lipinski definition) is 1. The van der Waals surface area contributed by atoms with E-state index < -0.39 is 0 Å². The van der Waals surface area contributed by atoms with Crippen molar-refractivity contribution < 1.29 is 14.3 Å². The second kappa shape index (κ2) is 7.46. The Morgan fingerprint density at radius 3 is 2.48 bits per heavy atom. The average Bonchev–Trinajstić information content (AvgIpc) is 2.48. The van der Waals surface area contributed by atoms with E-state index in [0.29, 0.717) is 11.6 Å². The Balaban J connectivity index is 1.97. The fraction of sp³-hybridized carbons (Fsp3) is 0.588. The number of methoxy groups -OCH3 is 1. The fourth-order valence-corrected chi connectivity index (χ4v) is 2.74. The van der Waals surface area contributed by atoms with Gasteiger partial charge in [0.05, 0.1) is 23.8 Å². The summed E-state index contributed by atoms with van der Waals surface area (Å²) < 4.78 is 10.7. The van der Waals surface area contributed by atoms with Crippen molar-refractivity contribution in [3.8, 4) is 0 Å². The molecule has 21 heavy (non-hydrogen) atoms. The van der Waals surface area contributed by atoms with Gasteiger partial charge in [-0.1, -0.05) is 12.8 Å². The van der Waals surface area contributed by atoms with E-state index in [1.165, 1.54) is 12.8 Å². The summed E-state index contributed by atoms with van der Waals surface area (Å²) in [5.74, 6) is -0.274. The molecule has 0 bridgehead atoms. The maximum absolute atomic E-state index is 11.8. The average molecular weight is 291 g/mol. The van der Waals surface area contributed by atoms with Crippen LogP contribution in [0.25, 0.3) is 0 Å². The standard InChI is InChI=1S/C17H25NO3/c1-12(2)21-17(19)13-8-10-14(11-9-13)18-15-6-4-5-7-16(15)20-3/h8-12,15-16,18H,4-7H2,1-3H3. The monoisotopic (exact) mass is 291 g/mol. The van der Waals surface area contributed by atoms with Crippen molar-refractivity contribution in [2.45, 2.75) is 57.8 Å². The van der Waals surface area contributed by atoms with Crippen molar-refractivity contribution in [2.75, 3.05) is 12.4 Å². The summed E-state index contributed by atoms with van der Waals surface area (Å²) in [6, 6.07) is 7.81. The molecule has 2 atom stereocenters. The quantitative estimate of drug-likeness (QED) is 0.842. The number of anilines is 1. The highest BCUT2D eigenvalue weighted by Crippen LogP contribution is 2.24. The Kier molecular flexibility index (Phi) is 5.62. The van der Waals surface area contributed by atoms with Crippen LogP contribution in [0.5, 0.6) is 0 Å². The van der Waals surface area contributed by atoms with E-state index >= 15 is 0 Å². The van der Waals surface area contributed by atoms with Crippen LogP contribution in [0.15, 0.2) is 24.3 Å². The number of carbonyl (C=O) groups excluding carboxylic acids is 1. The van der Waals surface area contributed by atoms with Crippen molar-refractivity contribution in [1.29, 1.82) is 0 Å². The number of rotatable bonds is 5. The van der Waals surface area contributed by atoms with Crippen LogP contribution in [0, 0.1) is 0 Å². The number of hydrogen-bond acceptors (Lipinski definition) is 4. The molecule has 0 aliphatic heterocycles. The molecule has 0 aromatic heterocycles. The normalized spacial score (nSPS) is 22.1. The SMILES string of the molecule is COC1CCCCC1Nc1ccc(C(=O)OC(C)C)cc1. The third-order valence-electron chi connectivity index (χ3n) is 3.82. The van der Waals surface area contributed by atoms with Crippen molar-refractivity contribution in [1.82, 2.24) is 0 Å². The Hall–Kier alpha value is -1.55. The fourth-order valence-electron chi connectivity index (χ4n) is 2.74. The van der Waals surface area contributed by atoms with E-state index in [1.807, 2.05) is 26.0 Å². The lowest BCUT2D eigenvalue weighted by atomic mass is 9.92. The summed E-state index contributed by atoms with van der Waals surface area (Å²) in [7, 11) is 1.77. The molecule has 1 aromatic rings. The summed E-state index contributed by atoms with van der Waals surface area (Å²) in [6.07, 6.45) is 4.86. The molecule has 4 nitrogen and oxygen atoms in total. The molecular weight excluding hydrogens is 266 g/mol. The molecule has 1 aliphatic rings. The molecule has 0 heterocycles. The number of carbonyl (C=O) groups is 1. The first-order valence-electron chi connectivity index (χ1n) is 7.70. The van der Waals surface area contributed by atoms with E-state index in [4.69, 9.17) is 9.47 Å². The zero-order valence-corrected chi connectivity index (χ0v) is 13.1. The highest BCUT2D eigenvalue weighted by atomic mass is 16.5. The summed E-state index contributed by atoms with van der Waals surface area (Å²) in [4.78, 5) is 11.8. The Bertz CT molecular complexity index is 456. The van der Waals surface area contributed by atoms with Crippen LogP contribution in [-0.4, -0.2) is 31.3 Å². The topological polar surface area (TPSA) is 47.6 Å². The van der Waals surface area contributed by atoms with Gasteiger partial charge < -0.3 is 14.8 Å². The van der Waals surface area contributed by atoms with E-state index in [2.05, 4.69) is 5.32 Å². The van der Waals surface area contributed by atoms with E-state index in [1.54, 1.807) is 19.2 Å². The number of ether oxygens (including phenoxy) is 2. The van der Waals surface area contributed by atoms with Crippen LogP contribution in [-0.2, 0) is 9.47 Å². The second-order valence-corrected chi connectivity index (χ2v) is 5.84. The lowest BCUT2D eigenvalue weighted by Crippen LogP contribution is -2.37. The number of benzene rings is 1. The van der Waals surface area contributed by atoms with Crippen molar-refractivity contribution in [3.05, 3.63) is 29.8 Å². The molecule has 0 saturated heterocycles. The second-order valence-electron chi connectivity index (χ2n) is 5.84. The number of nitrogens with one attached hydrogen (secondary N) is 1. The molecule has 1 fully saturated rings. The van der Waals surface area contributed by atoms with Gasteiger partial charge in [-0.3, -0.25) is 0 Å². The van der Waals surface area contributed by atoms with Crippen LogP contribution in [0.1, 0.15) is 49.9 Å². The third-order valence-corrected chi connectivity index (χ3v) is 3.82. The van der Waals surface area contributed by atoms with Crippen LogP contribution in [0.2, 0.25) is 0 Å². The van der Waals surface area contributed by atoms with Gasteiger partial charge in [0.2, 0.25) is 0 Å². The van der Waals surface area contributed by atoms with Crippen LogP contribution in [0.3, 0.4) is 0 Å². The van der Waals surface area contributed by atoms with Gasteiger partial charge in [-0.2, -0.15) is 0 Å². The van der Waals surface area contributed by atoms with Gasteiger partial charge in [-0.15, -0.1) is 0 Å². The first-order valence-corrected chi connectivity index (χ1v) is 7.70. The summed E-state index contributed by atoms with van der Waals surface area (Å²) in [6.45, 7) is 3.70. The van der Waals surface area contributed by atoms with Gasteiger partial charge in [-0.05, 0) is 51.0 Å². The molecule has 1 aliphatic carbocycles. The van der Waals surface area contributed by atoms with Gasteiger partial charge in [0, 0.05) is 12.8 Å². The highest BCUT2D eigenvalue weighted by molar-refractivity contribution is 5.89. The van der Waals surface area contributed by atoms with Gasteiger partial charge in [0.15, 0.2) is 0 Å². The van der Waals surface area contributed by atoms with Gasteiger partial charge in [-0.25, -0.2) is 4.79 Å². The third kappa shape index (κ3) is 4.46. The first-order chi connectivity index (χ1) is 10.1. The lowest BCUT2D eigenvalue weighted by molar-refractivity contribution is 0.0378.